The second kappa shape index (κ2) is 8.44. The average molecular weight is 434 g/mol. The predicted molar refractivity (Wildman–Crippen MR) is 125 cm³/mol. The van der Waals surface area contributed by atoms with Gasteiger partial charge in [0.1, 0.15) is 16.2 Å². The highest BCUT2D eigenvalue weighted by Gasteiger charge is 2.24. The Labute approximate surface area is 184 Å². The maximum Gasteiger partial charge on any atom is 0.173 e. The van der Waals surface area contributed by atoms with E-state index in [1.807, 2.05) is 30.3 Å². The Hall–Kier alpha value is -2.31. The molecular formula is C24H23N3OS2. The molecule has 1 aromatic carbocycles. The summed E-state index contributed by atoms with van der Waals surface area (Å²) in [6, 6.07) is 9.45. The van der Waals surface area contributed by atoms with E-state index in [-0.39, 0.29) is 5.78 Å². The molecule has 0 radical (unpaired) electrons. The number of rotatable bonds is 7. The predicted octanol–water partition coefficient (Wildman–Crippen LogP) is 6.05. The lowest BCUT2D eigenvalue weighted by molar-refractivity contribution is 0.102. The Kier molecular flexibility index (Phi) is 5.52. The molecule has 0 spiro atoms. The summed E-state index contributed by atoms with van der Waals surface area (Å²) in [5.74, 6) is 0.492. The van der Waals surface area contributed by atoms with Gasteiger partial charge in [0.15, 0.2) is 5.78 Å². The van der Waals surface area contributed by atoms with Gasteiger partial charge >= 0.3 is 0 Å². The van der Waals surface area contributed by atoms with Gasteiger partial charge in [0.25, 0.3) is 0 Å². The molecule has 0 aliphatic heterocycles. The molecule has 0 amide bonds. The zero-order valence-corrected chi connectivity index (χ0v) is 18.6. The minimum Gasteiger partial charge on any atom is -0.293 e. The number of aryl methyl sites for hydroxylation is 2. The summed E-state index contributed by atoms with van der Waals surface area (Å²) >= 11 is 3.18. The van der Waals surface area contributed by atoms with Crippen molar-refractivity contribution in [3.05, 3.63) is 59.0 Å². The van der Waals surface area contributed by atoms with E-state index in [2.05, 4.69) is 16.9 Å². The number of pyridine rings is 1. The second-order valence-electron chi connectivity index (χ2n) is 7.69. The molecule has 3 heterocycles. The SMILES string of the molecule is CCCCc1nc2sc3c(SCC(=O)c4ccccc4)ncnc3c2c2c1CCC2. The highest BCUT2D eigenvalue weighted by atomic mass is 32.2. The topological polar surface area (TPSA) is 55.7 Å². The molecule has 1 aliphatic rings. The standard InChI is InChI=1S/C24H23N3OS2/c1-2-3-12-18-16-10-7-11-17(16)20-21-22(30-23(20)27-18)24(26-14-25-21)29-13-19(28)15-8-5-4-6-9-15/h4-6,8-9,14H,2-3,7,10-13H2,1H3. The first-order valence-electron chi connectivity index (χ1n) is 10.5. The molecular weight excluding hydrogens is 410 g/mol. The molecule has 30 heavy (non-hydrogen) atoms. The van der Waals surface area contributed by atoms with Crippen molar-refractivity contribution in [2.45, 2.75) is 50.5 Å². The van der Waals surface area contributed by atoms with Crippen molar-refractivity contribution in [1.29, 1.82) is 0 Å². The largest absolute Gasteiger partial charge is 0.293 e. The van der Waals surface area contributed by atoms with Crippen LogP contribution in [-0.2, 0) is 19.3 Å². The van der Waals surface area contributed by atoms with Gasteiger partial charge in [-0.05, 0) is 43.2 Å². The third kappa shape index (κ3) is 3.52. The summed E-state index contributed by atoms with van der Waals surface area (Å²) in [7, 11) is 0. The molecule has 3 aromatic heterocycles. The van der Waals surface area contributed by atoms with Crippen LogP contribution in [0.5, 0.6) is 0 Å². The van der Waals surface area contributed by atoms with Crippen LogP contribution < -0.4 is 0 Å². The molecule has 152 valence electrons. The number of nitrogens with zero attached hydrogens (tertiary/aromatic N) is 3. The Bertz CT molecular complexity index is 1230. The summed E-state index contributed by atoms with van der Waals surface area (Å²) in [5.41, 5.74) is 5.94. The quantitative estimate of drug-likeness (QED) is 0.202. The van der Waals surface area contributed by atoms with Crippen molar-refractivity contribution in [3.63, 3.8) is 0 Å². The lowest BCUT2D eigenvalue weighted by atomic mass is 10.0. The maximum atomic E-state index is 12.6. The van der Waals surface area contributed by atoms with Crippen LogP contribution in [0.3, 0.4) is 0 Å². The summed E-state index contributed by atoms with van der Waals surface area (Å²) in [6.45, 7) is 2.23. The van der Waals surface area contributed by atoms with Crippen molar-refractivity contribution in [1.82, 2.24) is 15.0 Å². The number of carbonyl (C=O) groups is 1. The minimum absolute atomic E-state index is 0.120. The summed E-state index contributed by atoms with van der Waals surface area (Å²) in [6.07, 6.45) is 8.50. The number of thiophene rings is 1. The molecule has 0 bridgehead atoms. The molecule has 5 rings (SSSR count). The molecule has 0 N–H and O–H groups in total. The highest BCUT2D eigenvalue weighted by Crippen LogP contribution is 2.42. The molecule has 0 atom stereocenters. The lowest BCUT2D eigenvalue weighted by Crippen LogP contribution is -2.02. The van der Waals surface area contributed by atoms with E-state index in [0.29, 0.717) is 5.75 Å². The number of hydrogen-bond donors (Lipinski definition) is 0. The van der Waals surface area contributed by atoms with Crippen molar-refractivity contribution in [2.24, 2.45) is 0 Å². The van der Waals surface area contributed by atoms with Gasteiger partial charge in [-0.1, -0.05) is 55.4 Å². The zero-order chi connectivity index (χ0) is 20.5. The Morgan fingerprint density at radius 2 is 1.97 bits per heavy atom. The van der Waals surface area contributed by atoms with E-state index >= 15 is 0 Å². The first kappa shape index (κ1) is 19.6. The van der Waals surface area contributed by atoms with E-state index < -0.39 is 0 Å². The van der Waals surface area contributed by atoms with Crippen molar-refractivity contribution in [2.75, 3.05) is 5.75 Å². The fraction of sp³-hybridized carbons (Fsp3) is 0.333. The first-order valence-corrected chi connectivity index (χ1v) is 12.4. The number of aromatic nitrogens is 3. The number of unbranched alkanes of at least 4 members (excludes halogenated alkanes) is 1. The number of ketones is 1. The van der Waals surface area contributed by atoms with Gasteiger partial charge in [0.05, 0.1) is 16.0 Å². The van der Waals surface area contributed by atoms with E-state index in [0.717, 1.165) is 44.9 Å². The molecule has 4 nitrogen and oxygen atoms in total. The first-order chi connectivity index (χ1) is 14.8. The fourth-order valence-corrected chi connectivity index (χ4v) is 6.40. The number of Topliss-reactive ketones (excluding diaryl/α,β-unsaturated/α-hetero) is 1. The Morgan fingerprint density at radius 3 is 2.80 bits per heavy atom. The van der Waals surface area contributed by atoms with Gasteiger partial charge in [0, 0.05) is 16.6 Å². The van der Waals surface area contributed by atoms with Crippen LogP contribution in [0.2, 0.25) is 0 Å². The summed E-state index contributed by atoms with van der Waals surface area (Å²) < 4.78 is 1.06. The average Bonchev–Trinajstić information content (AvgIpc) is 3.41. The molecule has 4 aromatic rings. The van der Waals surface area contributed by atoms with Crippen LogP contribution in [0, 0.1) is 0 Å². The molecule has 6 heteroatoms. The van der Waals surface area contributed by atoms with Gasteiger partial charge in [-0.25, -0.2) is 15.0 Å². The van der Waals surface area contributed by atoms with Crippen LogP contribution in [0.25, 0.3) is 20.4 Å². The molecule has 0 fully saturated rings. The lowest BCUT2D eigenvalue weighted by Gasteiger charge is -2.08. The third-order valence-electron chi connectivity index (χ3n) is 5.73. The van der Waals surface area contributed by atoms with Gasteiger partial charge in [-0.15, -0.1) is 11.3 Å². The summed E-state index contributed by atoms with van der Waals surface area (Å²) in [4.78, 5) is 27.9. The van der Waals surface area contributed by atoms with Gasteiger partial charge in [-0.3, -0.25) is 4.79 Å². The van der Waals surface area contributed by atoms with Crippen LogP contribution >= 0.6 is 23.1 Å². The second-order valence-corrected chi connectivity index (χ2v) is 9.65. The molecule has 0 saturated heterocycles. The highest BCUT2D eigenvalue weighted by molar-refractivity contribution is 8.00. The van der Waals surface area contributed by atoms with Gasteiger partial charge in [0.2, 0.25) is 0 Å². The van der Waals surface area contributed by atoms with Crippen LogP contribution in [0.1, 0.15) is 53.4 Å². The summed E-state index contributed by atoms with van der Waals surface area (Å²) in [5, 5.41) is 2.11. The smallest absolute Gasteiger partial charge is 0.173 e. The molecule has 1 aliphatic carbocycles. The molecule has 0 unspecified atom stereocenters. The Balaban J connectivity index is 1.53. The van der Waals surface area contributed by atoms with E-state index in [4.69, 9.17) is 4.98 Å². The van der Waals surface area contributed by atoms with E-state index in [1.54, 1.807) is 17.7 Å². The zero-order valence-electron chi connectivity index (χ0n) is 17.0. The van der Waals surface area contributed by atoms with Crippen molar-refractivity contribution >= 4 is 49.3 Å². The third-order valence-corrected chi connectivity index (χ3v) is 7.93. The van der Waals surface area contributed by atoms with Crippen molar-refractivity contribution in [3.8, 4) is 0 Å². The van der Waals surface area contributed by atoms with Crippen LogP contribution in [0.15, 0.2) is 41.7 Å². The molecule has 0 saturated carbocycles. The fourth-order valence-electron chi connectivity index (χ4n) is 4.25. The van der Waals surface area contributed by atoms with Crippen molar-refractivity contribution < 1.29 is 4.79 Å². The monoisotopic (exact) mass is 433 g/mol. The number of thioether (sulfide) groups is 1. The number of carbonyl (C=O) groups excluding carboxylic acids is 1. The van der Waals surface area contributed by atoms with Gasteiger partial charge in [-0.2, -0.15) is 0 Å². The van der Waals surface area contributed by atoms with Crippen LogP contribution in [-0.4, -0.2) is 26.5 Å². The van der Waals surface area contributed by atoms with E-state index in [1.165, 1.54) is 53.2 Å². The minimum atomic E-state index is 0.120. The van der Waals surface area contributed by atoms with E-state index in [9.17, 15) is 4.79 Å². The maximum absolute atomic E-state index is 12.6. The number of fused-ring (bicyclic) bond motifs is 5. The normalized spacial score (nSPS) is 13.2. The van der Waals surface area contributed by atoms with Gasteiger partial charge < -0.3 is 0 Å². The number of benzene rings is 1. The Morgan fingerprint density at radius 1 is 1.13 bits per heavy atom. The van der Waals surface area contributed by atoms with Crippen LogP contribution in [0.4, 0.5) is 0 Å². The number of hydrogen-bond acceptors (Lipinski definition) is 6.